The highest BCUT2D eigenvalue weighted by molar-refractivity contribution is 6.48. The van der Waals surface area contributed by atoms with Gasteiger partial charge in [-0.1, -0.05) is 38.9 Å². The molecule has 1 heterocycles. The third kappa shape index (κ3) is 7.61. The summed E-state index contributed by atoms with van der Waals surface area (Å²) in [4.78, 5) is 11.5. The maximum atomic E-state index is 11.5. The molecule has 0 bridgehead atoms. The third-order valence-corrected chi connectivity index (χ3v) is 4.75. The third-order valence-electron chi connectivity index (χ3n) is 4.75. The van der Waals surface area contributed by atoms with Gasteiger partial charge in [-0.3, -0.25) is 4.79 Å². The predicted octanol–water partition coefficient (Wildman–Crippen LogP) is 2.54. The first-order chi connectivity index (χ1) is 10.4. The molecule has 1 aliphatic rings. The summed E-state index contributed by atoms with van der Waals surface area (Å²) in [5.41, 5.74) is 4.99. The van der Waals surface area contributed by atoms with Crippen LogP contribution in [0.25, 0.3) is 0 Å². The van der Waals surface area contributed by atoms with Gasteiger partial charge in [-0.15, -0.1) is 0 Å². The maximum Gasteiger partial charge on any atom is 0.323 e. The molecule has 0 aromatic rings. The number of hydrogen-bond donors (Lipinski definition) is 3. The first-order valence-electron chi connectivity index (χ1n) is 8.72. The zero-order chi connectivity index (χ0) is 16.4. The summed E-state index contributed by atoms with van der Waals surface area (Å²) in [6.45, 7) is 3.16. The standard InChI is InChI=1S/C16H32BNO4/c1-17(21)11-5-4-10-16(18,15(19)20)9-3-2-6-14-7-12-22-13-8-14/h14,21H,2-13,18H2,1H3,(H,19,20). The van der Waals surface area contributed by atoms with Crippen LogP contribution in [-0.2, 0) is 9.53 Å². The second-order valence-electron chi connectivity index (χ2n) is 6.86. The van der Waals surface area contributed by atoms with Crippen molar-refractivity contribution in [2.45, 2.75) is 76.5 Å². The molecule has 1 saturated heterocycles. The summed E-state index contributed by atoms with van der Waals surface area (Å²) in [6.07, 6.45) is 8.66. The molecule has 4 N–H and O–H groups in total. The Balaban J connectivity index is 2.22. The summed E-state index contributed by atoms with van der Waals surface area (Å²) in [5, 5.41) is 18.6. The van der Waals surface area contributed by atoms with Crippen molar-refractivity contribution in [1.29, 1.82) is 0 Å². The summed E-state index contributed by atoms with van der Waals surface area (Å²) < 4.78 is 5.35. The highest BCUT2D eigenvalue weighted by Gasteiger charge is 2.32. The van der Waals surface area contributed by atoms with E-state index < -0.39 is 11.5 Å². The van der Waals surface area contributed by atoms with Crippen LogP contribution in [0, 0.1) is 5.92 Å². The molecule has 0 radical (unpaired) electrons. The minimum atomic E-state index is -1.10. The minimum absolute atomic E-state index is 0.323. The molecule has 0 amide bonds. The summed E-state index contributed by atoms with van der Waals surface area (Å²) in [5.74, 6) is -0.160. The number of carboxylic acids is 1. The highest BCUT2D eigenvalue weighted by atomic mass is 16.5. The van der Waals surface area contributed by atoms with Gasteiger partial charge in [0.1, 0.15) is 5.54 Å². The van der Waals surface area contributed by atoms with Gasteiger partial charge >= 0.3 is 5.97 Å². The number of ether oxygens (including phenoxy) is 1. The van der Waals surface area contributed by atoms with E-state index in [0.717, 1.165) is 64.1 Å². The van der Waals surface area contributed by atoms with Crippen LogP contribution in [0.2, 0.25) is 13.1 Å². The van der Waals surface area contributed by atoms with Crippen molar-refractivity contribution in [3.63, 3.8) is 0 Å². The number of rotatable bonds is 11. The van der Waals surface area contributed by atoms with Crippen molar-refractivity contribution in [2.24, 2.45) is 11.7 Å². The van der Waals surface area contributed by atoms with Gasteiger partial charge in [0.2, 0.25) is 0 Å². The van der Waals surface area contributed by atoms with E-state index in [1.165, 1.54) is 0 Å². The van der Waals surface area contributed by atoms with Crippen LogP contribution in [-0.4, -0.2) is 41.8 Å². The zero-order valence-corrected chi connectivity index (χ0v) is 13.9. The van der Waals surface area contributed by atoms with Gasteiger partial charge in [0.05, 0.1) is 0 Å². The van der Waals surface area contributed by atoms with Gasteiger partial charge in [0, 0.05) is 13.2 Å². The Morgan fingerprint density at radius 1 is 1.23 bits per heavy atom. The van der Waals surface area contributed by atoms with Crippen LogP contribution in [0.5, 0.6) is 0 Å². The normalized spacial score (nSPS) is 18.9. The summed E-state index contributed by atoms with van der Waals surface area (Å²) in [6, 6.07) is 0. The molecule has 128 valence electrons. The van der Waals surface area contributed by atoms with Crippen molar-refractivity contribution in [1.82, 2.24) is 0 Å². The fourth-order valence-corrected chi connectivity index (χ4v) is 3.13. The van der Waals surface area contributed by atoms with Crippen molar-refractivity contribution in [2.75, 3.05) is 13.2 Å². The van der Waals surface area contributed by atoms with Gasteiger partial charge in [-0.05, 0) is 37.9 Å². The Morgan fingerprint density at radius 3 is 2.36 bits per heavy atom. The van der Waals surface area contributed by atoms with E-state index in [1.54, 1.807) is 6.82 Å². The average Bonchev–Trinajstić information content (AvgIpc) is 2.49. The van der Waals surface area contributed by atoms with Crippen LogP contribution in [0.4, 0.5) is 0 Å². The molecule has 0 aromatic heterocycles. The van der Waals surface area contributed by atoms with E-state index in [0.29, 0.717) is 19.2 Å². The smallest absolute Gasteiger partial charge is 0.323 e. The molecule has 0 aromatic carbocycles. The van der Waals surface area contributed by atoms with Gasteiger partial charge in [0.25, 0.3) is 6.92 Å². The van der Waals surface area contributed by atoms with Crippen LogP contribution < -0.4 is 5.73 Å². The Bertz CT molecular complexity index is 321. The molecule has 1 atom stereocenters. The van der Waals surface area contributed by atoms with E-state index in [-0.39, 0.29) is 6.92 Å². The number of aliphatic carboxylic acids is 1. The predicted molar refractivity (Wildman–Crippen MR) is 89.1 cm³/mol. The van der Waals surface area contributed by atoms with E-state index in [1.807, 2.05) is 0 Å². The lowest BCUT2D eigenvalue weighted by Crippen LogP contribution is -2.47. The van der Waals surface area contributed by atoms with Crippen molar-refractivity contribution >= 4 is 12.9 Å². The molecule has 22 heavy (non-hydrogen) atoms. The maximum absolute atomic E-state index is 11.5. The van der Waals surface area contributed by atoms with Gasteiger partial charge in [0.15, 0.2) is 0 Å². The molecule has 1 fully saturated rings. The van der Waals surface area contributed by atoms with E-state index in [9.17, 15) is 14.9 Å². The van der Waals surface area contributed by atoms with E-state index in [4.69, 9.17) is 10.5 Å². The van der Waals surface area contributed by atoms with Crippen LogP contribution >= 0.6 is 0 Å². The Morgan fingerprint density at radius 2 is 1.82 bits per heavy atom. The van der Waals surface area contributed by atoms with Crippen LogP contribution in [0.1, 0.15) is 57.8 Å². The first-order valence-corrected chi connectivity index (χ1v) is 8.72. The van der Waals surface area contributed by atoms with Crippen LogP contribution in [0.15, 0.2) is 0 Å². The Labute approximate surface area is 134 Å². The quantitative estimate of drug-likeness (QED) is 0.403. The largest absolute Gasteiger partial charge is 0.480 e. The van der Waals surface area contributed by atoms with Gasteiger partial charge in [-0.2, -0.15) is 0 Å². The molecule has 1 unspecified atom stereocenters. The first kappa shape index (κ1) is 19.5. The molecular formula is C16H32BNO4. The monoisotopic (exact) mass is 313 g/mol. The summed E-state index contributed by atoms with van der Waals surface area (Å²) in [7, 11) is 0. The molecule has 1 rings (SSSR count). The molecular weight excluding hydrogens is 281 g/mol. The molecule has 0 spiro atoms. The molecule has 5 nitrogen and oxygen atoms in total. The Kier molecular flexibility index (Phi) is 9.06. The van der Waals surface area contributed by atoms with Gasteiger partial charge in [-0.25, -0.2) is 0 Å². The second-order valence-corrected chi connectivity index (χ2v) is 6.86. The fraction of sp³-hybridized carbons (Fsp3) is 0.938. The number of hydrogen-bond acceptors (Lipinski definition) is 4. The zero-order valence-electron chi connectivity index (χ0n) is 13.9. The van der Waals surface area contributed by atoms with Gasteiger partial charge < -0.3 is 20.6 Å². The lowest BCUT2D eigenvalue weighted by molar-refractivity contribution is -0.144. The van der Waals surface area contributed by atoms with Crippen molar-refractivity contribution in [3.05, 3.63) is 0 Å². The Hall–Kier alpha value is -0.585. The molecule has 1 aliphatic heterocycles. The number of carboxylic acid groups (broad SMARTS) is 1. The van der Waals surface area contributed by atoms with Crippen molar-refractivity contribution in [3.8, 4) is 0 Å². The van der Waals surface area contributed by atoms with E-state index in [2.05, 4.69) is 0 Å². The lowest BCUT2D eigenvalue weighted by Gasteiger charge is -2.26. The molecule has 0 aliphatic carbocycles. The summed E-state index contributed by atoms with van der Waals surface area (Å²) >= 11 is 0. The van der Waals surface area contributed by atoms with Crippen LogP contribution in [0.3, 0.4) is 0 Å². The lowest BCUT2D eigenvalue weighted by atomic mass is 9.66. The molecule has 0 saturated carbocycles. The topological polar surface area (TPSA) is 92.8 Å². The fourth-order valence-electron chi connectivity index (χ4n) is 3.13. The SMILES string of the molecule is CB(O)CCCCC(N)(CCCCC1CCOCC1)C(=O)O. The van der Waals surface area contributed by atoms with Crippen molar-refractivity contribution < 1.29 is 19.7 Å². The number of nitrogens with two attached hydrogens (primary N) is 1. The minimum Gasteiger partial charge on any atom is -0.480 e. The highest BCUT2D eigenvalue weighted by Crippen LogP contribution is 2.24. The van der Waals surface area contributed by atoms with E-state index >= 15 is 0 Å². The second kappa shape index (κ2) is 10.2. The molecule has 6 heteroatoms. The average molecular weight is 313 g/mol. The number of carbonyl (C=O) groups is 1. The number of unbranched alkanes of at least 4 members (excludes halogenated alkanes) is 2.